The van der Waals surface area contributed by atoms with E-state index in [2.05, 4.69) is 64.1 Å². The van der Waals surface area contributed by atoms with Crippen LogP contribution < -0.4 is 16.0 Å². The maximum absolute atomic E-state index is 14.6. The lowest BCUT2D eigenvalue weighted by molar-refractivity contribution is -0.246. The van der Waals surface area contributed by atoms with Gasteiger partial charge >= 0.3 is 0 Å². The molecule has 5 saturated carbocycles. The molecule has 4 N–H and O–H groups in total. The molecule has 0 spiro atoms. The summed E-state index contributed by atoms with van der Waals surface area (Å²) in [4.78, 5) is 38.5. The number of hydrogen-bond donors (Lipinski definition) is 4. The average Bonchev–Trinajstić information content (AvgIpc) is 3.45. The second kappa shape index (κ2) is 12.8. The van der Waals surface area contributed by atoms with E-state index in [0.29, 0.717) is 48.9 Å². The Morgan fingerprint density at radius 1 is 0.816 bits per heavy atom. The van der Waals surface area contributed by atoms with Crippen LogP contribution >= 0.6 is 0 Å². The Kier molecular flexibility index (Phi) is 9.46. The Morgan fingerprint density at radius 3 is 2.27 bits per heavy atom. The zero-order valence-electron chi connectivity index (χ0n) is 31.3. The van der Waals surface area contributed by atoms with Gasteiger partial charge in [0.05, 0.1) is 11.5 Å². The number of fused-ring (bicyclic) bond motifs is 7. The van der Waals surface area contributed by atoms with Gasteiger partial charge in [-0.25, -0.2) is 0 Å². The highest BCUT2D eigenvalue weighted by Crippen LogP contribution is 2.77. The van der Waals surface area contributed by atoms with Crippen LogP contribution in [0.4, 0.5) is 0 Å². The maximum atomic E-state index is 14.6. The third-order valence-corrected chi connectivity index (χ3v) is 15.9. The third kappa shape index (κ3) is 5.69. The number of aliphatic hydroxyl groups excluding tert-OH is 1. The van der Waals surface area contributed by atoms with Crippen LogP contribution in [-0.2, 0) is 16.1 Å². The van der Waals surface area contributed by atoms with E-state index < -0.39 is 5.41 Å². The molecule has 1 aromatic carbocycles. The summed E-state index contributed by atoms with van der Waals surface area (Å²) in [6.07, 6.45) is 10.5. The first-order valence-electron chi connectivity index (χ1n) is 19.2. The molecule has 0 aromatic heterocycles. The number of hydrogen-bond acceptors (Lipinski definition) is 4. The molecule has 5 aliphatic rings. The number of carbonyl (C=O) groups excluding carboxylic acids is 3. The monoisotopic (exact) mass is 673 g/mol. The molecule has 0 aliphatic heterocycles. The normalized spacial score (nSPS) is 40.5. The fraction of sp³-hybridized carbons (Fsp3) is 0.738. The summed E-state index contributed by atoms with van der Waals surface area (Å²) in [6.45, 7) is 21.7. The molecule has 3 amide bonds. The molecule has 270 valence electrons. The summed E-state index contributed by atoms with van der Waals surface area (Å²) < 4.78 is 0. The summed E-state index contributed by atoms with van der Waals surface area (Å²) >= 11 is 0. The summed E-state index contributed by atoms with van der Waals surface area (Å²) in [5, 5.41) is 20.0. The van der Waals surface area contributed by atoms with Crippen molar-refractivity contribution in [2.24, 2.45) is 56.7 Å². The van der Waals surface area contributed by atoms with Gasteiger partial charge in [0.1, 0.15) is 0 Å². The summed E-state index contributed by atoms with van der Waals surface area (Å²) in [6, 6.07) is 7.48. The van der Waals surface area contributed by atoms with Gasteiger partial charge in [0, 0.05) is 32.1 Å². The Balaban J connectivity index is 1.22. The molecule has 3 unspecified atom stereocenters. The van der Waals surface area contributed by atoms with Crippen LogP contribution in [0.1, 0.15) is 129 Å². The van der Waals surface area contributed by atoms with Gasteiger partial charge in [-0.15, -0.1) is 0 Å². The first-order chi connectivity index (χ1) is 23.0. The van der Waals surface area contributed by atoms with Crippen molar-refractivity contribution >= 4 is 17.7 Å². The van der Waals surface area contributed by atoms with Crippen molar-refractivity contribution in [3.63, 3.8) is 0 Å². The van der Waals surface area contributed by atoms with Crippen LogP contribution in [0.5, 0.6) is 0 Å². The second-order valence-corrected chi connectivity index (χ2v) is 18.3. The Labute approximate surface area is 295 Å². The highest BCUT2D eigenvalue weighted by atomic mass is 16.3. The van der Waals surface area contributed by atoms with E-state index >= 15 is 0 Å². The van der Waals surface area contributed by atoms with Crippen LogP contribution in [0.2, 0.25) is 0 Å². The lowest BCUT2D eigenvalue weighted by atomic mass is 9.32. The molecule has 5 fully saturated rings. The molecule has 5 aliphatic carbocycles. The quantitative estimate of drug-likeness (QED) is 0.173. The van der Waals surface area contributed by atoms with Crippen molar-refractivity contribution in [1.82, 2.24) is 16.0 Å². The topological polar surface area (TPSA) is 108 Å². The van der Waals surface area contributed by atoms with Gasteiger partial charge in [-0.1, -0.05) is 58.9 Å². The minimum absolute atomic E-state index is 0.0561. The van der Waals surface area contributed by atoms with Crippen molar-refractivity contribution in [3.8, 4) is 0 Å². The van der Waals surface area contributed by atoms with Gasteiger partial charge in [0.15, 0.2) is 0 Å². The Bertz CT molecular complexity index is 1490. The summed E-state index contributed by atoms with van der Waals surface area (Å²) in [7, 11) is 0. The fourth-order valence-corrected chi connectivity index (χ4v) is 13.2. The zero-order chi connectivity index (χ0) is 35.6. The van der Waals surface area contributed by atoms with Gasteiger partial charge in [-0.05, 0) is 140 Å². The van der Waals surface area contributed by atoms with Crippen LogP contribution in [0.25, 0.3) is 0 Å². The molecular weight excluding hydrogens is 610 g/mol. The predicted octanol–water partition coefficient (Wildman–Crippen LogP) is 7.19. The Morgan fingerprint density at radius 2 is 1.55 bits per heavy atom. The van der Waals surface area contributed by atoms with E-state index in [1.165, 1.54) is 38.2 Å². The number of nitrogens with one attached hydrogen (secondary N) is 3. The van der Waals surface area contributed by atoms with E-state index in [0.717, 1.165) is 44.1 Å². The van der Waals surface area contributed by atoms with E-state index in [-0.39, 0.29) is 51.4 Å². The number of benzene rings is 1. The van der Waals surface area contributed by atoms with E-state index in [1.807, 2.05) is 18.2 Å². The highest BCUT2D eigenvalue weighted by molar-refractivity contribution is 5.94. The first-order valence-corrected chi connectivity index (χ1v) is 19.2. The molecule has 49 heavy (non-hydrogen) atoms. The van der Waals surface area contributed by atoms with Crippen molar-refractivity contribution < 1.29 is 19.5 Å². The van der Waals surface area contributed by atoms with Crippen molar-refractivity contribution in [2.45, 2.75) is 125 Å². The minimum atomic E-state index is -0.395. The van der Waals surface area contributed by atoms with Crippen molar-refractivity contribution in [1.29, 1.82) is 0 Å². The molecule has 7 heteroatoms. The molecule has 0 bridgehead atoms. The molecular formula is C42H63N3O4. The number of aliphatic hydroxyl groups is 1. The molecule has 0 saturated heterocycles. The average molecular weight is 674 g/mol. The van der Waals surface area contributed by atoms with Gasteiger partial charge < -0.3 is 21.1 Å². The zero-order valence-corrected chi connectivity index (χ0v) is 31.3. The first kappa shape index (κ1) is 36.1. The van der Waals surface area contributed by atoms with Gasteiger partial charge in [-0.2, -0.15) is 0 Å². The SMILES string of the molecule is C=C(C)[C@@H]1CC[C@]2(C(=O)NCc3cccc(C(=O)NCCNC(C)=O)c3)CC[C@]3(C)[C@H](CCC4[C@@]5(C)CC[C@H](O)C(C)(C)C5CC[C@]43C)C12. The van der Waals surface area contributed by atoms with Crippen LogP contribution in [0.3, 0.4) is 0 Å². The number of carbonyl (C=O) groups is 3. The standard InChI is InChI=1S/C42H63N3O4/c1-26(2)30-14-19-42(37(49)45-25-28-10-9-11-29(24-28)36(48)44-23-22-43-27(3)46)21-20-40(7)31(35(30)42)12-13-33-39(6)17-16-34(47)38(4,5)32(39)15-18-41(33,40)8/h9-11,24,30-35,47H,1,12-23,25H2,2-8H3,(H,43,46)(H,44,48)(H,45,49)/t30-,31+,32?,33?,34-,35?,39-,40+,41+,42-/m0/s1. The van der Waals surface area contributed by atoms with Crippen LogP contribution in [-0.4, -0.2) is 42.0 Å². The fourth-order valence-electron chi connectivity index (χ4n) is 13.2. The lowest BCUT2D eigenvalue weighted by Crippen LogP contribution is -2.67. The summed E-state index contributed by atoms with van der Waals surface area (Å²) in [5.41, 5.74) is 2.82. The molecule has 7 nitrogen and oxygen atoms in total. The van der Waals surface area contributed by atoms with Crippen molar-refractivity contribution in [2.75, 3.05) is 13.1 Å². The third-order valence-electron chi connectivity index (χ3n) is 15.9. The maximum Gasteiger partial charge on any atom is 0.251 e. The van der Waals surface area contributed by atoms with E-state index in [4.69, 9.17) is 0 Å². The number of allylic oxidation sites excluding steroid dienone is 1. The lowest BCUT2D eigenvalue weighted by Gasteiger charge is -2.72. The second-order valence-electron chi connectivity index (χ2n) is 18.3. The predicted molar refractivity (Wildman–Crippen MR) is 194 cm³/mol. The van der Waals surface area contributed by atoms with Crippen LogP contribution in [0.15, 0.2) is 36.4 Å². The minimum Gasteiger partial charge on any atom is -0.393 e. The molecule has 10 atom stereocenters. The number of amides is 3. The van der Waals surface area contributed by atoms with Gasteiger partial charge in [0.25, 0.3) is 5.91 Å². The summed E-state index contributed by atoms with van der Waals surface area (Å²) in [5.74, 6) is 2.16. The van der Waals surface area contributed by atoms with E-state index in [1.54, 1.807) is 6.07 Å². The van der Waals surface area contributed by atoms with E-state index in [9.17, 15) is 19.5 Å². The largest absolute Gasteiger partial charge is 0.393 e. The molecule has 0 heterocycles. The molecule has 1 aromatic rings. The smallest absolute Gasteiger partial charge is 0.251 e. The number of rotatable bonds is 8. The Hall–Kier alpha value is -2.67. The van der Waals surface area contributed by atoms with Crippen LogP contribution in [0, 0.1) is 56.7 Å². The van der Waals surface area contributed by atoms with Gasteiger partial charge in [0.2, 0.25) is 11.8 Å². The molecule has 6 rings (SSSR count). The van der Waals surface area contributed by atoms with Gasteiger partial charge in [-0.3, -0.25) is 14.4 Å². The molecule has 0 radical (unpaired) electrons. The van der Waals surface area contributed by atoms with Crippen molar-refractivity contribution in [3.05, 3.63) is 47.5 Å². The highest BCUT2D eigenvalue weighted by Gasteiger charge is 2.71.